The molecule has 2 saturated heterocycles. The Kier molecular flexibility index (Phi) is 14.1. The topological polar surface area (TPSA) is 126 Å². The number of carbonyl (C=O) groups is 2. The number of hydrogen-bond acceptors (Lipinski definition) is 10. The van der Waals surface area contributed by atoms with E-state index in [4.69, 9.17) is 19.4 Å². The summed E-state index contributed by atoms with van der Waals surface area (Å²) >= 11 is 3.25. The van der Waals surface area contributed by atoms with E-state index in [1.807, 2.05) is 48.5 Å². The molecule has 7 rings (SSSR count). The van der Waals surface area contributed by atoms with E-state index in [-0.39, 0.29) is 6.09 Å². The summed E-state index contributed by atoms with van der Waals surface area (Å²) in [5.41, 5.74) is 5.66. The minimum atomic E-state index is -0.394. The van der Waals surface area contributed by atoms with Crippen LogP contribution in [-0.4, -0.2) is 61.5 Å². The van der Waals surface area contributed by atoms with Crippen LogP contribution in [-0.2, 0) is 22.3 Å². The lowest BCUT2D eigenvalue weighted by molar-refractivity contribution is 0.130. The fraction of sp³-hybridized carbons (Fsp3) is 0.500. The monoisotopic (exact) mass is 744 g/mol. The molecule has 1 aliphatic carbocycles. The number of anilines is 2. The van der Waals surface area contributed by atoms with Gasteiger partial charge in [-0.3, -0.25) is 10.6 Å². The Balaban J connectivity index is 0.000000179. The van der Waals surface area contributed by atoms with Gasteiger partial charge in [-0.1, -0.05) is 38.1 Å². The Bertz CT molecular complexity index is 1610. The third-order valence-corrected chi connectivity index (χ3v) is 11.4. The average molecular weight is 745 g/mol. The number of para-hydroxylation sites is 2. The Hall–Kier alpha value is -3.84. The Morgan fingerprint density at radius 3 is 1.63 bits per heavy atom. The third kappa shape index (κ3) is 11.8. The van der Waals surface area contributed by atoms with Crippen LogP contribution in [0.2, 0.25) is 0 Å². The highest BCUT2D eigenvalue weighted by Crippen LogP contribution is 2.36. The lowest BCUT2D eigenvalue weighted by Gasteiger charge is -2.22. The number of rotatable bonds is 12. The van der Waals surface area contributed by atoms with Gasteiger partial charge in [-0.25, -0.2) is 19.6 Å². The summed E-state index contributed by atoms with van der Waals surface area (Å²) in [4.78, 5) is 33.9. The first-order valence-electron chi connectivity index (χ1n) is 18.8. The van der Waals surface area contributed by atoms with E-state index in [1.54, 1.807) is 22.7 Å². The number of carbonyl (C=O) groups excluding carboxylic acids is 2. The van der Waals surface area contributed by atoms with Crippen molar-refractivity contribution >= 4 is 46.2 Å². The Morgan fingerprint density at radius 1 is 0.692 bits per heavy atom. The largest absolute Gasteiger partial charge is 0.449 e. The molecule has 2 aromatic heterocycles. The minimum Gasteiger partial charge on any atom is -0.449 e. The van der Waals surface area contributed by atoms with Crippen LogP contribution in [0.15, 0.2) is 59.3 Å². The van der Waals surface area contributed by atoms with Crippen molar-refractivity contribution in [2.75, 3.05) is 50.0 Å². The quantitative estimate of drug-likeness (QED) is 0.113. The molecule has 4 heterocycles. The number of nitrogens with one attached hydrogen (secondary N) is 4. The maximum absolute atomic E-state index is 12.2. The van der Waals surface area contributed by atoms with Crippen molar-refractivity contribution in [3.63, 3.8) is 0 Å². The van der Waals surface area contributed by atoms with Crippen LogP contribution < -0.4 is 21.3 Å². The highest BCUT2D eigenvalue weighted by atomic mass is 32.1. The predicted octanol–water partition coefficient (Wildman–Crippen LogP) is 8.87. The van der Waals surface area contributed by atoms with E-state index in [0.717, 1.165) is 115 Å². The van der Waals surface area contributed by atoms with Gasteiger partial charge in [0.05, 0.1) is 36.0 Å². The van der Waals surface area contributed by atoms with Crippen molar-refractivity contribution in [1.29, 1.82) is 0 Å². The molecule has 0 spiro atoms. The third-order valence-electron chi connectivity index (χ3n) is 9.52. The predicted molar refractivity (Wildman–Crippen MR) is 211 cm³/mol. The Morgan fingerprint density at radius 2 is 1.15 bits per heavy atom. The standard InChI is InChI=1S/C20H25N3O2S.C20H27N3O2S/c24-20(25-12-15-7-9-21-10-8-15)23-18-4-2-1-3-17(18)19-22-16(13-26-19)11-14-5-6-14;1-14(2)11-16-13-26-19(22-16)17-5-3-4-6-18(17)23-20(24)25-12-15-7-9-21-10-8-15/h1-4,13-15,21H,5-12H2,(H,23,24);3-6,13-15,21H,7-12H2,1-2H3,(H,23,24). The number of benzene rings is 2. The molecule has 3 fully saturated rings. The van der Waals surface area contributed by atoms with Gasteiger partial charge < -0.3 is 20.1 Å². The second-order valence-corrected chi connectivity index (χ2v) is 16.2. The van der Waals surface area contributed by atoms with Gasteiger partial charge >= 0.3 is 12.2 Å². The van der Waals surface area contributed by atoms with Crippen molar-refractivity contribution in [2.45, 2.75) is 65.2 Å². The molecular formula is C40H52N6O4S2. The number of ether oxygens (including phenoxy) is 2. The number of piperidine rings is 2. The SMILES string of the molecule is CC(C)Cc1csc(-c2ccccc2NC(=O)OCC2CCNCC2)n1.O=C(Nc1ccccc1-c1nc(CC2CC2)cs1)OCC1CCNCC1. The van der Waals surface area contributed by atoms with Gasteiger partial charge in [0.1, 0.15) is 10.0 Å². The lowest BCUT2D eigenvalue weighted by atomic mass is 9.99. The summed E-state index contributed by atoms with van der Waals surface area (Å²) in [7, 11) is 0. The summed E-state index contributed by atoms with van der Waals surface area (Å²) in [5.74, 6) is 2.31. The molecule has 0 unspecified atom stereocenters. The zero-order chi connectivity index (χ0) is 36.1. The number of hydrogen-bond donors (Lipinski definition) is 4. The molecular weight excluding hydrogens is 693 g/mol. The maximum atomic E-state index is 12.2. The molecule has 52 heavy (non-hydrogen) atoms. The van der Waals surface area contributed by atoms with Crippen LogP contribution in [0.5, 0.6) is 0 Å². The van der Waals surface area contributed by atoms with Gasteiger partial charge in [-0.15, -0.1) is 22.7 Å². The highest BCUT2D eigenvalue weighted by molar-refractivity contribution is 7.13. The zero-order valence-electron chi connectivity index (χ0n) is 30.3. The molecule has 1 saturated carbocycles. The van der Waals surface area contributed by atoms with Crippen molar-refractivity contribution in [2.24, 2.45) is 23.7 Å². The summed E-state index contributed by atoms with van der Waals surface area (Å²) < 4.78 is 10.9. The van der Waals surface area contributed by atoms with Crippen LogP contribution in [0, 0.1) is 23.7 Å². The van der Waals surface area contributed by atoms with Crippen molar-refractivity contribution in [3.05, 3.63) is 70.7 Å². The van der Waals surface area contributed by atoms with Crippen LogP contribution in [0.4, 0.5) is 21.0 Å². The van der Waals surface area contributed by atoms with Gasteiger partial charge in [0.2, 0.25) is 0 Å². The highest BCUT2D eigenvalue weighted by Gasteiger charge is 2.23. The number of amides is 2. The zero-order valence-corrected chi connectivity index (χ0v) is 32.0. The second kappa shape index (κ2) is 19.3. The van der Waals surface area contributed by atoms with Crippen molar-refractivity contribution in [3.8, 4) is 21.1 Å². The second-order valence-electron chi connectivity index (χ2n) is 14.5. The summed E-state index contributed by atoms with van der Waals surface area (Å²) in [5, 5.41) is 18.5. The first-order valence-corrected chi connectivity index (χ1v) is 20.5. The molecule has 2 aliphatic heterocycles. The first-order chi connectivity index (χ1) is 25.4. The molecule has 4 aromatic rings. The number of thiazole rings is 2. The van der Waals surface area contributed by atoms with Gasteiger partial charge in [0.15, 0.2) is 0 Å². The van der Waals surface area contributed by atoms with Crippen LogP contribution >= 0.6 is 22.7 Å². The fourth-order valence-electron chi connectivity index (χ4n) is 6.42. The van der Waals surface area contributed by atoms with Gasteiger partial charge in [-0.05, 0) is 125 Å². The molecule has 2 amide bonds. The normalized spacial score (nSPS) is 16.5. The summed E-state index contributed by atoms with van der Waals surface area (Å²) in [6.45, 7) is 9.35. The summed E-state index contributed by atoms with van der Waals surface area (Å²) in [6.07, 6.45) is 8.15. The van der Waals surface area contributed by atoms with E-state index < -0.39 is 6.09 Å². The lowest BCUT2D eigenvalue weighted by Crippen LogP contribution is -2.31. The van der Waals surface area contributed by atoms with Crippen LogP contribution in [0.3, 0.4) is 0 Å². The molecule has 10 nitrogen and oxygen atoms in total. The molecule has 3 aliphatic rings. The number of nitrogens with zero attached hydrogens (tertiary/aromatic N) is 2. The molecule has 2 aromatic carbocycles. The van der Waals surface area contributed by atoms with E-state index in [0.29, 0.717) is 31.0 Å². The maximum Gasteiger partial charge on any atom is 0.411 e. The minimum absolute atomic E-state index is 0.384. The summed E-state index contributed by atoms with van der Waals surface area (Å²) in [6, 6.07) is 15.6. The van der Waals surface area contributed by atoms with Gasteiger partial charge in [-0.2, -0.15) is 0 Å². The smallest absolute Gasteiger partial charge is 0.411 e. The van der Waals surface area contributed by atoms with Crippen LogP contribution in [0.1, 0.15) is 63.8 Å². The Labute approximate surface area is 315 Å². The average Bonchev–Trinajstić information content (AvgIpc) is 3.65. The fourth-order valence-corrected chi connectivity index (χ4v) is 8.16. The van der Waals surface area contributed by atoms with E-state index in [9.17, 15) is 9.59 Å². The van der Waals surface area contributed by atoms with Crippen molar-refractivity contribution in [1.82, 2.24) is 20.6 Å². The molecule has 12 heteroatoms. The molecule has 0 bridgehead atoms. The number of aromatic nitrogens is 2. The van der Waals surface area contributed by atoms with Gasteiger partial charge in [0.25, 0.3) is 0 Å². The van der Waals surface area contributed by atoms with Gasteiger partial charge in [0, 0.05) is 21.9 Å². The van der Waals surface area contributed by atoms with E-state index in [1.165, 1.54) is 12.8 Å². The molecule has 0 radical (unpaired) electrons. The van der Waals surface area contributed by atoms with E-state index >= 15 is 0 Å². The first kappa shape index (κ1) is 37.9. The van der Waals surface area contributed by atoms with Crippen LogP contribution in [0.25, 0.3) is 21.1 Å². The molecule has 0 atom stereocenters. The van der Waals surface area contributed by atoms with E-state index in [2.05, 4.69) is 45.9 Å². The molecule has 278 valence electrons. The van der Waals surface area contributed by atoms with Crippen molar-refractivity contribution < 1.29 is 19.1 Å². The molecule has 4 N–H and O–H groups in total.